The third kappa shape index (κ3) is 2.54. The van der Waals surface area contributed by atoms with E-state index in [1.165, 1.54) is 34.1 Å². The molecular weight excluding hydrogens is 263 g/mol. The zero-order valence-electron chi connectivity index (χ0n) is 11.9. The van der Waals surface area contributed by atoms with Crippen LogP contribution in [0.15, 0.2) is 22.7 Å². The maximum atomic E-state index is 14.4. The number of nitrogens with zero attached hydrogens (tertiary/aromatic N) is 1. The second-order valence-electron chi connectivity index (χ2n) is 4.84. The van der Waals surface area contributed by atoms with E-state index in [9.17, 15) is 4.39 Å². The number of nitrogens with two attached hydrogens (primary N) is 1. The number of rotatable bonds is 4. The normalized spacial score (nSPS) is 11.4. The van der Waals surface area contributed by atoms with Gasteiger partial charge in [-0.25, -0.2) is 4.39 Å². The molecule has 2 N–H and O–H groups in total. The van der Waals surface area contributed by atoms with Gasteiger partial charge >= 0.3 is 0 Å². The molecule has 1 aromatic carbocycles. The van der Waals surface area contributed by atoms with Gasteiger partial charge in [-0.1, -0.05) is 5.16 Å². The molecule has 0 atom stereocenters. The summed E-state index contributed by atoms with van der Waals surface area (Å²) in [6, 6.07) is 4.78. The summed E-state index contributed by atoms with van der Waals surface area (Å²) in [5.74, 6) is 1.54. The van der Waals surface area contributed by atoms with Crippen molar-refractivity contribution in [1.29, 1.82) is 0 Å². The van der Waals surface area contributed by atoms with Gasteiger partial charge in [-0.15, -0.1) is 0 Å². The topological polar surface area (TPSA) is 70.5 Å². The minimum atomic E-state index is -1.59. The number of methoxy groups -OCH3 is 2. The van der Waals surface area contributed by atoms with Crippen molar-refractivity contribution in [3.8, 4) is 22.8 Å². The maximum Gasteiger partial charge on any atom is 0.169 e. The van der Waals surface area contributed by atoms with E-state index in [2.05, 4.69) is 5.16 Å². The van der Waals surface area contributed by atoms with Crippen molar-refractivity contribution in [2.45, 2.75) is 19.5 Å². The number of benzene rings is 1. The molecule has 0 aliphatic carbocycles. The molecule has 2 rings (SSSR count). The highest BCUT2D eigenvalue weighted by molar-refractivity contribution is 5.70. The van der Waals surface area contributed by atoms with E-state index in [1.54, 1.807) is 12.1 Å². The standard InChI is InChI=1S/C14H17FN2O3/c1-14(2,15)9-6-12(19-4)11(18-3)5-8(9)10-7-13(16)17-20-10/h5-7H,1-4H3,(H2,16,17). The van der Waals surface area contributed by atoms with E-state index in [0.29, 0.717) is 28.4 Å². The van der Waals surface area contributed by atoms with Gasteiger partial charge in [0.25, 0.3) is 0 Å². The Morgan fingerprint density at radius 2 is 1.75 bits per heavy atom. The zero-order valence-corrected chi connectivity index (χ0v) is 11.9. The molecule has 0 saturated heterocycles. The molecule has 20 heavy (non-hydrogen) atoms. The lowest BCUT2D eigenvalue weighted by Crippen LogP contribution is -2.11. The number of hydrogen-bond donors (Lipinski definition) is 1. The fourth-order valence-electron chi connectivity index (χ4n) is 1.99. The first kappa shape index (κ1) is 14.2. The van der Waals surface area contributed by atoms with Crippen LogP contribution < -0.4 is 15.2 Å². The van der Waals surface area contributed by atoms with Crippen LogP contribution in [0.5, 0.6) is 11.5 Å². The third-order valence-electron chi connectivity index (χ3n) is 2.96. The Morgan fingerprint density at radius 3 is 2.20 bits per heavy atom. The summed E-state index contributed by atoms with van der Waals surface area (Å²) >= 11 is 0. The minimum absolute atomic E-state index is 0.234. The first-order valence-corrected chi connectivity index (χ1v) is 6.04. The van der Waals surface area contributed by atoms with Gasteiger partial charge < -0.3 is 19.7 Å². The Morgan fingerprint density at radius 1 is 1.15 bits per heavy atom. The van der Waals surface area contributed by atoms with Gasteiger partial charge in [0.05, 0.1) is 14.2 Å². The van der Waals surface area contributed by atoms with Crippen molar-refractivity contribution in [3.63, 3.8) is 0 Å². The van der Waals surface area contributed by atoms with E-state index in [4.69, 9.17) is 19.7 Å². The molecular formula is C14H17FN2O3. The maximum absolute atomic E-state index is 14.4. The Hall–Kier alpha value is -2.24. The van der Waals surface area contributed by atoms with Gasteiger partial charge in [0.1, 0.15) is 5.67 Å². The summed E-state index contributed by atoms with van der Waals surface area (Å²) in [6.45, 7) is 2.91. The van der Waals surface area contributed by atoms with Crippen LogP contribution in [0.3, 0.4) is 0 Å². The lowest BCUT2D eigenvalue weighted by Gasteiger charge is -2.20. The van der Waals surface area contributed by atoms with Crippen molar-refractivity contribution in [1.82, 2.24) is 5.16 Å². The van der Waals surface area contributed by atoms with Crippen LogP contribution in [0.25, 0.3) is 11.3 Å². The second-order valence-corrected chi connectivity index (χ2v) is 4.84. The predicted octanol–water partition coefficient (Wildman–Crippen LogP) is 3.15. The number of alkyl halides is 1. The highest BCUT2D eigenvalue weighted by Gasteiger charge is 2.27. The second kappa shape index (κ2) is 5.03. The highest BCUT2D eigenvalue weighted by atomic mass is 19.1. The third-order valence-corrected chi connectivity index (χ3v) is 2.96. The zero-order chi connectivity index (χ0) is 14.9. The number of halogens is 1. The van der Waals surface area contributed by atoms with E-state index < -0.39 is 5.67 Å². The average Bonchev–Trinajstić information content (AvgIpc) is 2.82. The van der Waals surface area contributed by atoms with Crippen molar-refractivity contribution in [2.75, 3.05) is 20.0 Å². The van der Waals surface area contributed by atoms with Crippen LogP contribution >= 0.6 is 0 Å². The Bertz CT molecular complexity index is 617. The Kier molecular flexibility index (Phi) is 3.57. The van der Waals surface area contributed by atoms with Crippen LogP contribution in [-0.4, -0.2) is 19.4 Å². The van der Waals surface area contributed by atoms with E-state index >= 15 is 0 Å². The van der Waals surface area contributed by atoms with E-state index in [0.717, 1.165) is 0 Å². The molecule has 5 nitrogen and oxygen atoms in total. The van der Waals surface area contributed by atoms with Gasteiger partial charge in [0.2, 0.25) is 0 Å². The molecule has 0 fully saturated rings. The van der Waals surface area contributed by atoms with Gasteiger partial charge in [0, 0.05) is 17.2 Å². The SMILES string of the molecule is COc1cc(-c2cc(N)no2)c(C(C)(C)F)cc1OC. The molecule has 108 valence electrons. The Labute approximate surface area is 116 Å². The van der Waals surface area contributed by atoms with Crippen molar-refractivity contribution in [2.24, 2.45) is 0 Å². The van der Waals surface area contributed by atoms with Gasteiger partial charge in [0.15, 0.2) is 23.1 Å². The Balaban J connectivity index is 2.70. The summed E-state index contributed by atoms with van der Waals surface area (Å²) in [6.07, 6.45) is 0. The van der Waals surface area contributed by atoms with Crippen molar-refractivity contribution >= 4 is 5.82 Å². The molecule has 6 heteroatoms. The van der Waals surface area contributed by atoms with Crippen LogP contribution in [0, 0.1) is 0 Å². The van der Waals surface area contributed by atoms with Crippen molar-refractivity contribution < 1.29 is 18.4 Å². The largest absolute Gasteiger partial charge is 0.493 e. The molecule has 0 spiro atoms. The van der Waals surface area contributed by atoms with Gasteiger partial charge in [-0.2, -0.15) is 0 Å². The first-order chi connectivity index (χ1) is 9.36. The van der Waals surface area contributed by atoms with Crippen molar-refractivity contribution in [3.05, 3.63) is 23.8 Å². The molecule has 0 radical (unpaired) electrons. The number of ether oxygens (including phenoxy) is 2. The highest BCUT2D eigenvalue weighted by Crippen LogP contribution is 2.41. The average molecular weight is 280 g/mol. The van der Waals surface area contributed by atoms with Crippen LogP contribution in [0.2, 0.25) is 0 Å². The number of nitrogen functional groups attached to an aromatic ring is 1. The number of anilines is 1. The lowest BCUT2D eigenvalue weighted by molar-refractivity contribution is 0.220. The number of hydrogen-bond acceptors (Lipinski definition) is 5. The van der Waals surface area contributed by atoms with Crippen LogP contribution in [-0.2, 0) is 5.67 Å². The molecule has 0 unspecified atom stereocenters. The lowest BCUT2D eigenvalue weighted by atomic mass is 9.92. The molecule has 0 saturated carbocycles. The molecule has 0 bridgehead atoms. The minimum Gasteiger partial charge on any atom is -0.493 e. The van der Waals surface area contributed by atoms with Crippen LogP contribution in [0.1, 0.15) is 19.4 Å². The van der Waals surface area contributed by atoms with E-state index in [1.807, 2.05) is 0 Å². The summed E-state index contributed by atoms with van der Waals surface area (Å²) in [4.78, 5) is 0. The monoisotopic (exact) mass is 280 g/mol. The fraction of sp³-hybridized carbons (Fsp3) is 0.357. The van der Waals surface area contributed by atoms with Gasteiger partial charge in [-0.3, -0.25) is 0 Å². The summed E-state index contributed by atoms with van der Waals surface area (Å²) < 4.78 is 30.0. The summed E-state index contributed by atoms with van der Waals surface area (Å²) in [5.41, 5.74) is 4.90. The summed E-state index contributed by atoms with van der Waals surface area (Å²) in [7, 11) is 3.01. The molecule has 0 amide bonds. The van der Waals surface area contributed by atoms with Crippen LogP contribution in [0.4, 0.5) is 10.2 Å². The summed E-state index contributed by atoms with van der Waals surface area (Å²) in [5, 5.41) is 3.62. The molecule has 1 aromatic heterocycles. The molecule has 0 aliphatic heterocycles. The molecule has 2 aromatic rings. The quantitative estimate of drug-likeness (QED) is 0.931. The smallest absolute Gasteiger partial charge is 0.169 e. The molecule has 1 heterocycles. The van der Waals surface area contributed by atoms with Gasteiger partial charge in [-0.05, 0) is 26.0 Å². The fourth-order valence-corrected chi connectivity index (χ4v) is 1.99. The first-order valence-electron chi connectivity index (χ1n) is 6.04. The molecule has 0 aliphatic rings. The van der Waals surface area contributed by atoms with E-state index in [-0.39, 0.29) is 5.82 Å². The predicted molar refractivity (Wildman–Crippen MR) is 73.6 cm³/mol. The number of aromatic nitrogens is 1.